The minimum atomic E-state index is -1.37. The molecule has 0 spiro atoms. The lowest BCUT2D eigenvalue weighted by molar-refractivity contribution is 0.0692. The van der Waals surface area contributed by atoms with Crippen molar-refractivity contribution in [2.75, 3.05) is 0 Å². The highest BCUT2D eigenvalue weighted by Gasteiger charge is 2.18. The Labute approximate surface area is 102 Å². The minimum Gasteiger partial charge on any atom is -0.478 e. The maximum atomic E-state index is 14.0. The molecule has 0 atom stereocenters. The van der Waals surface area contributed by atoms with Crippen LogP contribution in [0.15, 0.2) is 42.5 Å². The van der Waals surface area contributed by atoms with Gasteiger partial charge in [-0.1, -0.05) is 41.9 Å². The van der Waals surface area contributed by atoms with Crippen molar-refractivity contribution in [3.63, 3.8) is 0 Å². The van der Waals surface area contributed by atoms with Gasteiger partial charge >= 0.3 is 5.97 Å². The SMILES string of the molecule is O=C(O)c1c(Cl)ccc(-c2ccccc2)c1F. The van der Waals surface area contributed by atoms with E-state index in [9.17, 15) is 9.18 Å². The molecule has 0 fully saturated rings. The number of carboxylic acid groups (broad SMARTS) is 1. The summed E-state index contributed by atoms with van der Waals surface area (Å²) in [6.07, 6.45) is 0. The van der Waals surface area contributed by atoms with E-state index in [0.29, 0.717) is 5.56 Å². The molecule has 0 aliphatic carbocycles. The fourth-order valence-corrected chi connectivity index (χ4v) is 1.82. The van der Waals surface area contributed by atoms with Gasteiger partial charge in [0.2, 0.25) is 0 Å². The third-order valence-electron chi connectivity index (χ3n) is 2.39. The number of aromatic carboxylic acids is 1. The topological polar surface area (TPSA) is 37.3 Å². The van der Waals surface area contributed by atoms with Crippen LogP contribution in [0.2, 0.25) is 5.02 Å². The van der Waals surface area contributed by atoms with Gasteiger partial charge < -0.3 is 5.11 Å². The zero-order valence-corrected chi connectivity index (χ0v) is 9.41. The lowest BCUT2D eigenvalue weighted by atomic mass is 10.0. The van der Waals surface area contributed by atoms with Gasteiger partial charge in [0.1, 0.15) is 11.4 Å². The van der Waals surface area contributed by atoms with E-state index in [1.54, 1.807) is 30.3 Å². The number of rotatable bonds is 2. The van der Waals surface area contributed by atoms with Gasteiger partial charge in [-0.25, -0.2) is 9.18 Å². The molecule has 0 heterocycles. The Morgan fingerprint density at radius 2 is 1.76 bits per heavy atom. The molecule has 1 N–H and O–H groups in total. The fourth-order valence-electron chi connectivity index (χ4n) is 1.59. The summed E-state index contributed by atoms with van der Waals surface area (Å²) in [6.45, 7) is 0. The summed E-state index contributed by atoms with van der Waals surface area (Å²) in [5.41, 5.74) is 0.351. The van der Waals surface area contributed by atoms with E-state index in [2.05, 4.69) is 0 Å². The number of hydrogen-bond donors (Lipinski definition) is 1. The monoisotopic (exact) mass is 250 g/mol. The standard InChI is InChI=1S/C13H8ClFO2/c14-10-7-6-9(8-4-2-1-3-5-8)12(15)11(10)13(16)17/h1-7H,(H,16,17). The molecule has 0 amide bonds. The van der Waals surface area contributed by atoms with Crippen LogP contribution in [0.5, 0.6) is 0 Å². The van der Waals surface area contributed by atoms with Crippen molar-refractivity contribution in [3.8, 4) is 11.1 Å². The Bertz CT molecular complexity index is 567. The largest absolute Gasteiger partial charge is 0.478 e. The Morgan fingerprint density at radius 3 is 2.35 bits per heavy atom. The summed E-state index contributed by atoms with van der Waals surface area (Å²) >= 11 is 5.66. The van der Waals surface area contributed by atoms with Gasteiger partial charge in [-0.05, 0) is 17.7 Å². The van der Waals surface area contributed by atoms with E-state index in [0.717, 1.165) is 0 Å². The third kappa shape index (κ3) is 2.15. The van der Waals surface area contributed by atoms with Crippen LogP contribution in [0.3, 0.4) is 0 Å². The molecule has 2 aromatic carbocycles. The second kappa shape index (κ2) is 4.55. The highest BCUT2D eigenvalue weighted by molar-refractivity contribution is 6.33. The number of carbonyl (C=O) groups is 1. The number of hydrogen-bond acceptors (Lipinski definition) is 1. The van der Waals surface area contributed by atoms with Crippen LogP contribution in [0.1, 0.15) is 10.4 Å². The molecule has 2 nitrogen and oxygen atoms in total. The van der Waals surface area contributed by atoms with Crippen LogP contribution in [-0.2, 0) is 0 Å². The zero-order chi connectivity index (χ0) is 12.4. The average molecular weight is 251 g/mol. The van der Waals surface area contributed by atoms with Crippen LogP contribution < -0.4 is 0 Å². The first kappa shape index (κ1) is 11.6. The zero-order valence-electron chi connectivity index (χ0n) is 8.65. The van der Waals surface area contributed by atoms with Crippen molar-refractivity contribution in [2.45, 2.75) is 0 Å². The van der Waals surface area contributed by atoms with Crippen LogP contribution in [-0.4, -0.2) is 11.1 Å². The van der Waals surface area contributed by atoms with E-state index < -0.39 is 17.3 Å². The molecule has 17 heavy (non-hydrogen) atoms. The summed E-state index contributed by atoms with van der Waals surface area (Å²) < 4.78 is 14.0. The maximum absolute atomic E-state index is 14.0. The van der Waals surface area contributed by atoms with E-state index >= 15 is 0 Å². The fraction of sp³-hybridized carbons (Fsp3) is 0. The molecule has 4 heteroatoms. The molecular weight excluding hydrogens is 243 g/mol. The lowest BCUT2D eigenvalue weighted by Gasteiger charge is -2.07. The Morgan fingerprint density at radius 1 is 1.12 bits per heavy atom. The van der Waals surface area contributed by atoms with E-state index in [1.165, 1.54) is 12.1 Å². The highest BCUT2D eigenvalue weighted by Crippen LogP contribution is 2.29. The van der Waals surface area contributed by atoms with Crippen molar-refractivity contribution in [3.05, 3.63) is 58.9 Å². The molecule has 0 saturated heterocycles. The second-order valence-corrected chi connectivity index (χ2v) is 3.86. The molecule has 2 aromatic rings. The predicted molar refractivity (Wildman–Crippen MR) is 63.8 cm³/mol. The van der Waals surface area contributed by atoms with Gasteiger partial charge in [0.05, 0.1) is 5.02 Å². The normalized spacial score (nSPS) is 10.2. The van der Waals surface area contributed by atoms with Gasteiger partial charge in [0.15, 0.2) is 0 Å². The minimum absolute atomic E-state index is 0.102. The molecule has 0 saturated carbocycles. The summed E-state index contributed by atoms with van der Waals surface area (Å²) in [5, 5.41) is 8.79. The molecule has 0 radical (unpaired) electrons. The van der Waals surface area contributed by atoms with Gasteiger partial charge in [-0.2, -0.15) is 0 Å². The number of halogens is 2. The van der Waals surface area contributed by atoms with Crippen molar-refractivity contribution < 1.29 is 14.3 Å². The first-order valence-electron chi connectivity index (χ1n) is 4.88. The summed E-state index contributed by atoms with van der Waals surface area (Å²) in [5.74, 6) is -2.18. The van der Waals surface area contributed by atoms with Crippen LogP contribution in [0, 0.1) is 5.82 Å². The van der Waals surface area contributed by atoms with E-state index in [-0.39, 0.29) is 10.6 Å². The Balaban J connectivity index is 2.66. The molecule has 86 valence electrons. The van der Waals surface area contributed by atoms with Crippen molar-refractivity contribution in [1.29, 1.82) is 0 Å². The van der Waals surface area contributed by atoms with Gasteiger partial charge in [0.25, 0.3) is 0 Å². The quantitative estimate of drug-likeness (QED) is 0.879. The first-order valence-corrected chi connectivity index (χ1v) is 5.26. The number of benzene rings is 2. The Kier molecular flexibility index (Phi) is 3.11. The molecule has 0 bridgehead atoms. The van der Waals surface area contributed by atoms with Crippen LogP contribution >= 0.6 is 11.6 Å². The number of carboxylic acids is 1. The summed E-state index contributed by atoms with van der Waals surface area (Å²) in [7, 11) is 0. The second-order valence-electron chi connectivity index (χ2n) is 3.46. The van der Waals surface area contributed by atoms with Crippen molar-refractivity contribution in [1.82, 2.24) is 0 Å². The smallest absolute Gasteiger partial charge is 0.340 e. The molecule has 0 unspecified atom stereocenters. The van der Waals surface area contributed by atoms with Crippen molar-refractivity contribution >= 4 is 17.6 Å². The van der Waals surface area contributed by atoms with Crippen molar-refractivity contribution in [2.24, 2.45) is 0 Å². The molecule has 0 aliphatic heterocycles. The molecule has 2 rings (SSSR count). The van der Waals surface area contributed by atoms with Crippen LogP contribution in [0.25, 0.3) is 11.1 Å². The molecule has 0 aliphatic rings. The highest BCUT2D eigenvalue weighted by atomic mass is 35.5. The Hall–Kier alpha value is -1.87. The molecule has 0 aromatic heterocycles. The van der Waals surface area contributed by atoms with Gasteiger partial charge in [0, 0.05) is 5.56 Å². The predicted octanol–water partition coefficient (Wildman–Crippen LogP) is 3.84. The van der Waals surface area contributed by atoms with E-state index in [4.69, 9.17) is 16.7 Å². The average Bonchev–Trinajstić information content (AvgIpc) is 2.30. The maximum Gasteiger partial charge on any atom is 0.340 e. The third-order valence-corrected chi connectivity index (χ3v) is 2.70. The first-order chi connectivity index (χ1) is 8.11. The van der Waals surface area contributed by atoms with Gasteiger partial charge in [-0.15, -0.1) is 0 Å². The lowest BCUT2D eigenvalue weighted by Crippen LogP contribution is -2.03. The summed E-state index contributed by atoms with van der Waals surface area (Å²) in [6, 6.07) is 11.6. The van der Waals surface area contributed by atoms with E-state index in [1.807, 2.05) is 0 Å². The van der Waals surface area contributed by atoms with Gasteiger partial charge in [-0.3, -0.25) is 0 Å². The van der Waals surface area contributed by atoms with Crippen LogP contribution in [0.4, 0.5) is 4.39 Å². The molecular formula is C13H8ClFO2. The summed E-state index contributed by atoms with van der Waals surface area (Å²) in [4.78, 5) is 10.9.